The van der Waals surface area contributed by atoms with Crippen LogP contribution in [0.2, 0.25) is 0 Å². The number of hydrogen-bond acceptors (Lipinski definition) is 3. The molecule has 0 radical (unpaired) electrons. The summed E-state index contributed by atoms with van der Waals surface area (Å²) in [5.74, 6) is 2.45. The predicted molar refractivity (Wildman–Crippen MR) is 75.6 cm³/mol. The molecule has 0 aliphatic carbocycles. The molecule has 100 valence electrons. The van der Waals surface area contributed by atoms with Crippen molar-refractivity contribution in [1.29, 1.82) is 0 Å². The third-order valence-electron chi connectivity index (χ3n) is 4.00. The highest BCUT2D eigenvalue weighted by atomic mass is 16.5. The second-order valence-corrected chi connectivity index (χ2v) is 5.59. The summed E-state index contributed by atoms with van der Waals surface area (Å²) in [4.78, 5) is 2.50. The molecule has 1 aromatic carbocycles. The number of methoxy groups -OCH3 is 1. The van der Waals surface area contributed by atoms with Crippen LogP contribution in [0.1, 0.15) is 25.8 Å². The lowest BCUT2D eigenvalue weighted by Gasteiger charge is -2.19. The van der Waals surface area contributed by atoms with Crippen molar-refractivity contribution < 1.29 is 4.74 Å². The molecule has 1 saturated heterocycles. The van der Waals surface area contributed by atoms with Crippen molar-refractivity contribution in [3.8, 4) is 5.75 Å². The van der Waals surface area contributed by atoms with Gasteiger partial charge in [0, 0.05) is 24.8 Å². The maximum Gasteiger partial charge on any atom is 0.120 e. The third-order valence-corrected chi connectivity index (χ3v) is 4.00. The van der Waals surface area contributed by atoms with Gasteiger partial charge in [-0.1, -0.05) is 19.9 Å². The van der Waals surface area contributed by atoms with Crippen LogP contribution in [0, 0.1) is 11.8 Å². The SMILES string of the molecule is COc1ccc(CN2CCC(C(C)C)C2)c(N)c1. The summed E-state index contributed by atoms with van der Waals surface area (Å²) in [5.41, 5.74) is 8.11. The van der Waals surface area contributed by atoms with E-state index in [0.29, 0.717) is 0 Å². The zero-order valence-electron chi connectivity index (χ0n) is 11.6. The summed E-state index contributed by atoms with van der Waals surface area (Å²) < 4.78 is 5.17. The van der Waals surface area contributed by atoms with Crippen LogP contribution in [0.3, 0.4) is 0 Å². The fourth-order valence-electron chi connectivity index (χ4n) is 2.64. The average molecular weight is 248 g/mol. The molecule has 0 aromatic heterocycles. The molecule has 1 fully saturated rings. The molecule has 1 aliphatic heterocycles. The maximum absolute atomic E-state index is 6.06. The second-order valence-electron chi connectivity index (χ2n) is 5.59. The zero-order chi connectivity index (χ0) is 13.1. The lowest BCUT2D eigenvalue weighted by Crippen LogP contribution is -2.22. The minimum absolute atomic E-state index is 0.781. The minimum atomic E-state index is 0.781. The number of anilines is 1. The highest BCUT2D eigenvalue weighted by Gasteiger charge is 2.24. The Balaban J connectivity index is 1.98. The molecule has 1 heterocycles. The van der Waals surface area contributed by atoms with Gasteiger partial charge in [0.25, 0.3) is 0 Å². The van der Waals surface area contributed by atoms with E-state index in [2.05, 4.69) is 24.8 Å². The maximum atomic E-state index is 6.06. The Labute approximate surface area is 110 Å². The first-order valence-corrected chi connectivity index (χ1v) is 6.75. The highest BCUT2D eigenvalue weighted by Crippen LogP contribution is 2.27. The molecule has 2 N–H and O–H groups in total. The molecule has 0 bridgehead atoms. The van der Waals surface area contributed by atoms with Crippen LogP contribution in [0.5, 0.6) is 5.75 Å². The number of nitrogens with two attached hydrogens (primary N) is 1. The molecule has 0 saturated carbocycles. The first-order valence-electron chi connectivity index (χ1n) is 6.75. The summed E-state index contributed by atoms with van der Waals surface area (Å²) in [6, 6.07) is 5.98. The van der Waals surface area contributed by atoms with Crippen LogP contribution in [0.4, 0.5) is 5.69 Å². The van der Waals surface area contributed by atoms with Crippen LogP contribution in [-0.4, -0.2) is 25.1 Å². The largest absolute Gasteiger partial charge is 0.497 e. The van der Waals surface area contributed by atoms with Crippen molar-refractivity contribution in [2.45, 2.75) is 26.8 Å². The molecule has 18 heavy (non-hydrogen) atoms. The summed E-state index contributed by atoms with van der Waals surface area (Å²) >= 11 is 0. The number of rotatable bonds is 4. The van der Waals surface area contributed by atoms with E-state index in [1.807, 2.05) is 12.1 Å². The van der Waals surface area contributed by atoms with E-state index < -0.39 is 0 Å². The summed E-state index contributed by atoms with van der Waals surface area (Å²) in [6.07, 6.45) is 1.31. The van der Waals surface area contributed by atoms with Gasteiger partial charge in [-0.05, 0) is 36.4 Å². The Morgan fingerprint density at radius 3 is 2.78 bits per heavy atom. The van der Waals surface area contributed by atoms with Gasteiger partial charge in [-0.15, -0.1) is 0 Å². The topological polar surface area (TPSA) is 38.5 Å². The van der Waals surface area contributed by atoms with Crippen LogP contribution in [-0.2, 0) is 6.54 Å². The normalized spacial score (nSPS) is 20.6. The van der Waals surface area contributed by atoms with Gasteiger partial charge in [0.15, 0.2) is 0 Å². The first-order chi connectivity index (χ1) is 8.60. The smallest absolute Gasteiger partial charge is 0.120 e. The Kier molecular flexibility index (Phi) is 4.12. The van der Waals surface area contributed by atoms with Crippen LogP contribution in [0.15, 0.2) is 18.2 Å². The minimum Gasteiger partial charge on any atom is -0.497 e. The van der Waals surface area contributed by atoms with E-state index in [4.69, 9.17) is 10.5 Å². The van der Waals surface area contributed by atoms with Crippen LogP contribution in [0.25, 0.3) is 0 Å². The van der Waals surface area contributed by atoms with Gasteiger partial charge in [0.2, 0.25) is 0 Å². The van der Waals surface area contributed by atoms with E-state index in [9.17, 15) is 0 Å². The van der Waals surface area contributed by atoms with Gasteiger partial charge in [0.1, 0.15) is 5.75 Å². The van der Waals surface area contributed by atoms with E-state index in [0.717, 1.165) is 29.8 Å². The standard InChI is InChI=1S/C15H24N2O/c1-11(2)12-6-7-17(9-12)10-13-4-5-14(18-3)8-15(13)16/h4-5,8,11-12H,6-7,9-10,16H2,1-3H3. The molecule has 2 rings (SSSR count). The third kappa shape index (κ3) is 2.96. The molecule has 1 aromatic rings. The zero-order valence-corrected chi connectivity index (χ0v) is 11.6. The molecule has 3 nitrogen and oxygen atoms in total. The highest BCUT2D eigenvalue weighted by molar-refractivity contribution is 5.51. The summed E-state index contributed by atoms with van der Waals surface area (Å²) in [5, 5.41) is 0. The number of benzene rings is 1. The quantitative estimate of drug-likeness (QED) is 0.833. The molecule has 0 amide bonds. The Hall–Kier alpha value is -1.22. The van der Waals surface area contributed by atoms with Crippen molar-refractivity contribution in [3.63, 3.8) is 0 Å². The van der Waals surface area contributed by atoms with Crippen molar-refractivity contribution in [3.05, 3.63) is 23.8 Å². The van der Waals surface area contributed by atoms with Gasteiger partial charge in [-0.25, -0.2) is 0 Å². The van der Waals surface area contributed by atoms with Crippen molar-refractivity contribution in [2.24, 2.45) is 11.8 Å². The molecule has 1 unspecified atom stereocenters. The predicted octanol–water partition coefficient (Wildman–Crippen LogP) is 2.76. The van der Waals surface area contributed by atoms with Crippen molar-refractivity contribution >= 4 is 5.69 Å². The first kappa shape index (κ1) is 13.2. The fraction of sp³-hybridized carbons (Fsp3) is 0.600. The van der Waals surface area contributed by atoms with Crippen LogP contribution < -0.4 is 10.5 Å². The lowest BCUT2D eigenvalue weighted by molar-refractivity contribution is 0.297. The molecule has 1 atom stereocenters. The Morgan fingerprint density at radius 1 is 1.44 bits per heavy atom. The Bertz CT molecular complexity index is 403. The van der Waals surface area contributed by atoms with Gasteiger partial charge in [0.05, 0.1) is 7.11 Å². The molecular formula is C15H24N2O. The monoisotopic (exact) mass is 248 g/mol. The van der Waals surface area contributed by atoms with Gasteiger partial charge in [-0.3, -0.25) is 4.90 Å². The number of nitrogen functional groups attached to an aromatic ring is 1. The van der Waals surface area contributed by atoms with Crippen molar-refractivity contribution in [1.82, 2.24) is 4.90 Å². The van der Waals surface area contributed by atoms with E-state index >= 15 is 0 Å². The van der Waals surface area contributed by atoms with E-state index in [-0.39, 0.29) is 0 Å². The van der Waals surface area contributed by atoms with E-state index in [1.54, 1.807) is 7.11 Å². The molecular weight excluding hydrogens is 224 g/mol. The van der Waals surface area contributed by atoms with Gasteiger partial charge >= 0.3 is 0 Å². The summed E-state index contributed by atoms with van der Waals surface area (Å²) in [6.45, 7) is 7.97. The van der Waals surface area contributed by atoms with Gasteiger partial charge < -0.3 is 10.5 Å². The number of hydrogen-bond donors (Lipinski definition) is 1. The molecule has 1 aliphatic rings. The van der Waals surface area contributed by atoms with Gasteiger partial charge in [-0.2, -0.15) is 0 Å². The average Bonchev–Trinajstić information content (AvgIpc) is 2.80. The second kappa shape index (κ2) is 5.61. The number of ether oxygens (including phenoxy) is 1. The van der Waals surface area contributed by atoms with Crippen molar-refractivity contribution in [2.75, 3.05) is 25.9 Å². The lowest BCUT2D eigenvalue weighted by atomic mass is 9.95. The molecule has 3 heteroatoms. The fourth-order valence-corrected chi connectivity index (χ4v) is 2.64. The number of likely N-dealkylation sites (tertiary alicyclic amines) is 1. The number of nitrogens with zero attached hydrogens (tertiary/aromatic N) is 1. The Morgan fingerprint density at radius 2 is 2.22 bits per heavy atom. The summed E-state index contributed by atoms with van der Waals surface area (Å²) in [7, 11) is 1.67. The molecule has 0 spiro atoms. The van der Waals surface area contributed by atoms with Crippen LogP contribution >= 0.6 is 0 Å². The van der Waals surface area contributed by atoms with E-state index in [1.165, 1.54) is 25.1 Å².